The van der Waals surface area contributed by atoms with Crippen LogP contribution >= 0.6 is 11.8 Å². The first kappa shape index (κ1) is 11.9. The smallest absolute Gasteiger partial charge is 0.123 e. The molecule has 1 aromatic rings. The summed E-state index contributed by atoms with van der Waals surface area (Å²) < 4.78 is 12.7. The molecular formula is C12H17FN2S. The van der Waals surface area contributed by atoms with Gasteiger partial charge in [0.1, 0.15) is 5.82 Å². The fraction of sp³-hybridized carbons (Fsp3) is 0.500. The normalized spacial score (nSPS) is 22.2. The van der Waals surface area contributed by atoms with E-state index in [9.17, 15) is 4.39 Å². The lowest BCUT2D eigenvalue weighted by Crippen LogP contribution is -2.50. The lowest BCUT2D eigenvalue weighted by molar-refractivity contribution is 0.218. The summed E-state index contributed by atoms with van der Waals surface area (Å²) in [5.41, 5.74) is 0. The number of nitrogens with one attached hydrogen (secondary N) is 1. The molecule has 0 bridgehead atoms. The van der Waals surface area contributed by atoms with Gasteiger partial charge in [-0.3, -0.25) is 0 Å². The van der Waals surface area contributed by atoms with E-state index < -0.39 is 0 Å². The number of thioether (sulfide) groups is 1. The third kappa shape index (κ3) is 3.20. The minimum absolute atomic E-state index is 0.166. The standard InChI is InChI=1S/C12H17FN2S/c1-15-7-6-14-8-11(15)9-16-12-4-2-10(13)3-5-12/h2-5,11,14H,6-9H2,1H3. The van der Waals surface area contributed by atoms with Crippen LogP contribution in [-0.2, 0) is 0 Å². The highest BCUT2D eigenvalue weighted by Crippen LogP contribution is 2.20. The molecule has 0 amide bonds. The maximum atomic E-state index is 12.7. The van der Waals surface area contributed by atoms with E-state index in [-0.39, 0.29) is 5.82 Å². The number of halogens is 1. The van der Waals surface area contributed by atoms with Crippen LogP contribution in [0.5, 0.6) is 0 Å². The third-order valence-electron chi connectivity index (χ3n) is 2.90. The molecule has 1 aliphatic heterocycles. The van der Waals surface area contributed by atoms with Crippen LogP contribution in [0, 0.1) is 5.82 Å². The predicted molar refractivity (Wildman–Crippen MR) is 66.4 cm³/mol. The Kier molecular flexibility index (Phi) is 4.21. The molecule has 1 atom stereocenters. The second-order valence-electron chi connectivity index (χ2n) is 4.10. The van der Waals surface area contributed by atoms with Crippen LogP contribution in [0.2, 0.25) is 0 Å². The molecule has 2 nitrogen and oxygen atoms in total. The largest absolute Gasteiger partial charge is 0.314 e. The van der Waals surface area contributed by atoms with Gasteiger partial charge in [0.15, 0.2) is 0 Å². The van der Waals surface area contributed by atoms with Crippen molar-refractivity contribution in [2.45, 2.75) is 10.9 Å². The lowest BCUT2D eigenvalue weighted by Gasteiger charge is -2.32. The molecule has 2 rings (SSSR count). The van der Waals surface area contributed by atoms with E-state index in [2.05, 4.69) is 17.3 Å². The van der Waals surface area contributed by atoms with Crippen molar-refractivity contribution >= 4 is 11.8 Å². The molecule has 1 saturated heterocycles. The quantitative estimate of drug-likeness (QED) is 0.811. The number of likely N-dealkylation sites (N-methyl/N-ethyl adjacent to an activating group) is 1. The first-order valence-corrected chi connectivity index (χ1v) is 6.53. The Morgan fingerprint density at radius 3 is 2.88 bits per heavy atom. The van der Waals surface area contributed by atoms with Gasteiger partial charge in [-0.25, -0.2) is 4.39 Å². The highest BCUT2D eigenvalue weighted by molar-refractivity contribution is 7.99. The Morgan fingerprint density at radius 1 is 1.44 bits per heavy atom. The molecule has 0 saturated carbocycles. The van der Waals surface area contributed by atoms with Crippen molar-refractivity contribution in [2.24, 2.45) is 0 Å². The summed E-state index contributed by atoms with van der Waals surface area (Å²) in [4.78, 5) is 3.52. The van der Waals surface area contributed by atoms with Crippen LogP contribution in [0.4, 0.5) is 4.39 Å². The molecule has 0 aromatic heterocycles. The van der Waals surface area contributed by atoms with E-state index in [4.69, 9.17) is 0 Å². The molecule has 16 heavy (non-hydrogen) atoms. The van der Waals surface area contributed by atoms with Crippen molar-refractivity contribution in [3.05, 3.63) is 30.1 Å². The van der Waals surface area contributed by atoms with E-state index in [0.717, 1.165) is 30.3 Å². The van der Waals surface area contributed by atoms with Gasteiger partial charge in [-0.05, 0) is 31.3 Å². The molecule has 1 unspecified atom stereocenters. The molecule has 0 spiro atoms. The first-order chi connectivity index (χ1) is 7.75. The zero-order chi connectivity index (χ0) is 11.4. The number of piperazine rings is 1. The summed E-state index contributed by atoms with van der Waals surface area (Å²) in [6.45, 7) is 3.23. The van der Waals surface area contributed by atoms with Crippen molar-refractivity contribution in [1.82, 2.24) is 10.2 Å². The van der Waals surface area contributed by atoms with Gasteiger partial charge in [-0.2, -0.15) is 0 Å². The summed E-state index contributed by atoms with van der Waals surface area (Å²) in [5.74, 6) is 0.885. The molecule has 1 aliphatic rings. The zero-order valence-electron chi connectivity index (χ0n) is 9.45. The van der Waals surface area contributed by atoms with E-state index >= 15 is 0 Å². The monoisotopic (exact) mass is 240 g/mol. The Balaban J connectivity index is 1.84. The van der Waals surface area contributed by atoms with Gasteiger partial charge in [0.2, 0.25) is 0 Å². The fourth-order valence-corrected chi connectivity index (χ4v) is 2.86. The van der Waals surface area contributed by atoms with E-state index in [0.29, 0.717) is 6.04 Å². The zero-order valence-corrected chi connectivity index (χ0v) is 10.3. The average Bonchev–Trinajstić information content (AvgIpc) is 2.30. The summed E-state index contributed by atoms with van der Waals surface area (Å²) in [7, 11) is 2.16. The van der Waals surface area contributed by atoms with Gasteiger partial charge in [0.25, 0.3) is 0 Å². The van der Waals surface area contributed by atoms with E-state index in [1.165, 1.54) is 12.1 Å². The summed E-state index contributed by atoms with van der Waals surface area (Å²) in [6, 6.07) is 7.30. The minimum Gasteiger partial charge on any atom is -0.314 e. The minimum atomic E-state index is -0.166. The highest BCUT2D eigenvalue weighted by Gasteiger charge is 2.18. The molecule has 4 heteroatoms. The maximum absolute atomic E-state index is 12.7. The van der Waals surface area contributed by atoms with Crippen molar-refractivity contribution in [1.29, 1.82) is 0 Å². The molecule has 1 heterocycles. The fourth-order valence-electron chi connectivity index (χ4n) is 1.77. The van der Waals surface area contributed by atoms with Gasteiger partial charge in [0, 0.05) is 36.3 Å². The molecule has 1 N–H and O–H groups in total. The number of benzene rings is 1. The number of hydrogen-bond donors (Lipinski definition) is 1. The van der Waals surface area contributed by atoms with Gasteiger partial charge in [0.05, 0.1) is 0 Å². The number of hydrogen-bond acceptors (Lipinski definition) is 3. The molecule has 88 valence electrons. The SMILES string of the molecule is CN1CCNCC1CSc1ccc(F)cc1. The third-order valence-corrected chi connectivity index (χ3v) is 4.06. The molecule has 0 radical (unpaired) electrons. The number of nitrogens with zero attached hydrogens (tertiary/aromatic N) is 1. The number of rotatable bonds is 3. The Morgan fingerprint density at radius 2 is 2.19 bits per heavy atom. The van der Waals surface area contributed by atoms with Gasteiger partial charge in [-0.1, -0.05) is 0 Å². The van der Waals surface area contributed by atoms with Crippen LogP contribution in [-0.4, -0.2) is 43.4 Å². The second-order valence-corrected chi connectivity index (χ2v) is 5.20. The van der Waals surface area contributed by atoms with Crippen LogP contribution < -0.4 is 5.32 Å². The Labute approximate surface area is 100 Å². The van der Waals surface area contributed by atoms with E-state index in [1.807, 2.05) is 12.1 Å². The van der Waals surface area contributed by atoms with Gasteiger partial charge < -0.3 is 10.2 Å². The van der Waals surface area contributed by atoms with Crippen molar-refractivity contribution < 1.29 is 4.39 Å². The topological polar surface area (TPSA) is 15.3 Å². The van der Waals surface area contributed by atoms with Gasteiger partial charge in [-0.15, -0.1) is 11.8 Å². The summed E-state index contributed by atoms with van der Waals surface area (Å²) in [6.07, 6.45) is 0. The Bertz CT molecular complexity index is 328. The van der Waals surface area contributed by atoms with Crippen molar-refractivity contribution in [3.63, 3.8) is 0 Å². The molecule has 1 fully saturated rings. The van der Waals surface area contributed by atoms with E-state index in [1.54, 1.807) is 11.8 Å². The maximum Gasteiger partial charge on any atom is 0.123 e. The molecule has 0 aliphatic carbocycles. The van der Waals surface area contributed by atoms with Crippen LogP contribution in [0.3, 0.4) is 0 Å². The van der Waals surface area contributed by atoms with Crippen LogP contribution in [0.15, 0.2) is 29.2 Å². The van der Waals surface area contributed by atoms with Gasteiger partial charge >= 0.3 is 0 Å². The highest BCUT2D eigenvalue weighted by atomic mass is 32.2. The molecule has 1 aromatic carbocycles. The Hall–Kier alpha value is -0.580. The summed E-state index contributed by atoms with van der Waals surface area (Å²) >= 11 is 1.79. The molecular weight excluding hydrogens is 223 g/mol. The van der Waals surface area contributed by atoms with Crippen LogP contribution in [0.25, 0.3) is 0 Å². The predicted octanol–water partition coefficient (Wildman–Crippen LogP) is 1.82. The van der Waals surface area contributed by atoms with Crippen LogP contribution in [0.1, 0.15) is 0 Å². The van der Waals surface area contributed by atoms with Crippen molar-refractivity contribution in [3.8, 4) is 0 Å². The average molecular weight is 240 g/mol. The second kappa shape index (κ2) is 5.66. The lowest BCUT2D eigenvalue weighted by atomic mass is 10.2. The first-order valence-electron chi connectivity index (χ1n) is 5.55. The summed E-state index contributed by atoms with van der Waals surface area (Å²) in [5, 5.41) is 3.40. The van der Waals surface area contributed by atoms with Crippen molar-refractivity contribution in [2.75, 3.05) is 32.4 Å².